The molecule has 8 heteroatoms. The van der Waals surface area contributed by atoms with Crippen molar-refractivity contribution in [1.82, 2.24) is 0 Å². The summed E-state index contributed by atoms with van der Waals surface area (Å²) < 4.78 is 17.3. The number of quaternary nitrogens is 1. The van der Waals surface area contributed by atoms with Gasteiger partial charge in [0.25, 0.3) is 0 Å². The van der Waals surface area contributed by atoms with E-state index in [-0.39, 0.29) is 42.7 Å². The SMILES string of the molecule is CC/C=C/C/C=C/C/C=C/C/C=C/C/C=C/CCCCCCCCCC(=O)OCC(COCCC(C(=O)[O-])[N+](C)(C)C)OC(=O)CCCCCCCCC/C=C/CCCCCCCCCC. The fraction of sp³-hybridized carbons (Fsp3) is 0.741. The summed E-state index contributed by atoms with van der Waals surface area (Å²) in [6.45, 7) is 4.55. The van der Waals surface area contributed by atoms with E-state index in [1.165, 1.54) is 116 Å². The van der Waals surface area contributed by atoms with Gasteiger partial charge >= 0.3 is 11.9 Å². The number of nitrogens with zero attached hydrogens (tertiary/aromatic N) is 1. The maximum absolute atomic E-state index is 12.8. The van der Waals surface area contributed by atoms with Crippen LogP contribution in [0, 0.1) is 0 Å². The van der Waals surface area contributed by atoms with Crippen LogP contribution in [0.15, 0.2) is 72.9 Å². The minimum atomic E-state index is -1.13. The van der Waals surface area contributed by atoms with Gasteiger partial charge in [0.05, 0.1) is 40.3 Å². The van der Waals surface area contributed by atoms with Gasteiger partial charge in [0, 0.05) is 19.3 Å². The Balaban J connectivity index is 4.25. The Morgan fingerprint density at radius 1 is 0.470 bits per heavy atom. The molecule has 66 heavy (non-hydrogen) atoms. The molecule has 0 saturated carbocycles. The van der Waals surface area contributed by atoms with E-state index in [4.69, 9.17) is 14.2 Å². The van der Waals surface area contributed by atoms with Crippen LogP contribution in [0.2, 0.25) is 0 Å². The lowest BCUT2D eigenvalue weighted by molar-refractivity contribution is -0.889. The van der Waals surface area contributed by atoms with Crippen LogP contribution in [0.1, 0.15) is 226 Å². The Morgan fingerprint density at radius 2 is 0.848 bits per heavy atom. The molecule has 0 N–H and O–H groups in total. The second kappa shape index (κ2) is 48.2. The fourth-order valence-electron chi connectivity index (χ4n) is 7.68. The summed E-state index contributed by atoms with van der Waals surface area (Å²) in [5, 5.41) is 11.7. The first-order chi connectivity index (χ1) is 32.1. The highest BCUT2D eigenvalue weighted by atomic mass is 16.6. The van der Waals surface area contributed by atoms with E-state index in [2.05, 4.69) is 86.8 Å². The number of carbonyl (C=O) groups excluding carboxylic acids is 3. The third-order valence-electron chi connectivity index (χ3n) is 11.8. The van der Waals surface area contributed by atoms with E-state index in [1.807, 2.05) is 0 Å². The van der Waals surface area contributed by atoms with Gasteiger partial charge in [0.15, 0.2) is 6.10 Å². The fourth-order valence-corrected chi connectivity index (χ4v) is 7.68. The van der Waals surface area contributed by atoms with Crippen LogP contribution in [0.5, 0.6) is 0 Å². The van der Waals surface area contributed by atoms with Gasteiger partial charge in [-0.25, -0.2) is 0 Å². The molecule has 0 heterocycles. The van der Waals surface area contributed by atoms with Crippen LogP contribution in [0.4, 0.5) is 0 Å². The Bertz CT molecular complexity index is 1310. The third-order valence-corrected chi connectivity index (χ3v) is 11.8. The number of rotatable bonds is 48. The first-order valence-electron chi connectivity index (χ1n) is 27.0. The number of likely N-dealkylation sites (N-methyl/N-ethyl adjacent to an activating group) is 1. The quantitative estimate of drug-likeness (QED) is 0.0259. The number of unbranched alkanes of at least 4 members (excludes halogenated alkanes) is 22. The average Bonchev–Trinajstić information content (AvgIpc) is 3.28. The molecule has 2 unspecified atom stereocenters. The molecule has 8 nitrogen and oxygen atoms in total. The lowest BCUT2D eigenvalue weighted by Gasteiger charge is -2.34. The van der Waals surface area contributed by atoms with Crippen molar-refractivity contribution >= 4 is 17.9 Å². The molecule has 0 aliphatic carbocycles. The Labute approximate surface area is 406 Å². The van der Waals surface area contributed by atoms with E-state index >= 15 is 0 Å². The zero-order valence-electron chi connectivity index (χ0n) is 43.3. The monoisotopic (exact) mass is 924 g/mol. The zero-order valence-corrected chi connectivity index (χ0v) is 43.3. The van der Waals surface area contributed by atoms with Crippen molar-refractivity contribution in [2.24, 2.45) is 0 Å². The van der Waals surface area contributed by atoms with Crippen molar-refractivity contribution in [2.45, 2.75) is 238 Å². The first kappa shape index (κ1) is 62.8. The van der Waals surface area contributed by atoms with Crippen molar-refractivity contribution in [2.75, 3.05) is 41.0 Å². The number of hydrogen-bond acceptors (Lipinski definition) is 7. The van der Waals surface area contributed by atoms with Crippen molar-refractivity contribution in [3.63, 3.8) is 0 Å². The first-order valence-corrected chi connectivity index (χ1v) is 27.0. The minimum Gasteiger partial charge on any atom is -0.544 e. The number of carboxylic acid groups (broad SMARTS) is 1. The normalized spacial score (nSPS) is 13.4. The molecule has 380 valence electrons. The topological polar surface area (TPSA) is 102 Å². The standard InChI is InChI=1S/C58H101NO7/c1-6-8-10-12-14-16-18-20-22-24-26-27-28-29-31-32-34-36-38-40-42-44-46-48-56(60)65-53-54(52-64-51-50-55(58(62)63)59(3,4)5)66-57(61)49-47-45-43-41-39-37-35-33-30-25-23-21-19-17-15-13-11-9-7-2/h8,10,14,16,20,22,25-27,29-31,54-55H,6-7,9,11-13,15,17-19,21,23-24,28,32-53H2,1-5H3/b10-8+,16-14+,22-20+,27-26+,30-25+,31-29+. The van der Waals surface area contributed by atoms with Crippen molar-refractivity contribution in [3.05, 3.63) is 72.9 Å². The molecule has 0 radical (unpaired) electrons. The van der Waals surface area contributed by atoms with Gasteiger partial charge in [-0.1, -0.05) is 196 Å². The van der Waals surface area contributed by atoms with Gasteiger partial charge in [-0.05, 0) is 83.5 Å². The molecule has 0 aliphatic rings. The molecule has 0 amide bonds. The largest absolute Gasteiger partial charge is 0.544 e. The smallest absolute Gasteiger partial charge is 0.306 e. The van der Waals surface area contributed by atoms with Crippen LogP contribution < -0.4 is 5.11 Å². The highest BCUT2D eigenvalue weighted by molar-refractivity contribution is 5.70. The van der Waals surface area contributed by atoms with Gasteiger partial charge in [-0.3, -0.25) is 9.59 Å². The van der Waals surface area contributed by atoms with Gasteiger partial charge in [-0.15, -0.1) is 0 Å². The molecule has 2 atom stereocenters. The van der Waals surface area contributed by atoms with Crippen LogP contribution in [-0.4, -0.2) is 75.5 Å². The summed E-state index contributed by atoms with van der Waals surface area (Å²) in [6, 6.07) is -0.732. The van der Waals surface area contributed by atoms with Gasteiger partial charge in [-0.2, -0.15) is 0 Å². The van der Waals surface area contributed by atoms with Crippen LogP contribution >= 0.6 is 0 Å². The lowest BCUT2D eigenvalue weighted by atomic mass is 10.1. The molecule has 0 aliphatic heterocycles. The number of hydrogen-bond donors (Lipinski definition) is 0. The Morgan fingerprint density at radius 3 is 1.27 bits per heavy atom. The summed E-state index contributed by atoms with van der Waals surface area (Å²) in [6.07, 6.45) is 62.2. The molecular weight excluding hydrogens is 823 g/mol. The number of carbonyl (C=O) groups is 3. The molecule has 0 aromatic rings. The molecule has 0 fully saturated rings. The van der Waals surface area contributed by atoms with Crippen molar-refractivity contribution in [1.29, 1.82) is 0 Å². The minimum absolute atomic E-state index is 0.0331. The Hall–Kier alpha value is -3.23. The third kappa shape index (κ3) is 45.9. The second-order valence-electron chi connectivity index (χ2n) is 19.1. The van der Waals surface area contributed by atoms with Crippen LogP contribution in [-0.2, 0) is 28.6 Å². The summed E-state index contributed by atoms with van der Waals surface area (Å²) >= 11 is 0. The molecule has 0 spiro atoms. The number of esters is 2. The van der Waals surface area contributed by atoms with Crippen LogP contribution in [0.3, 0.4) is 0 Å². The predicted molar refractivity (Wildman–Crippen MR) is 277 cm³/mol. The van der Waals surface area contributed by atoms with E-state index in [9.17, 15) is 19.5 Å². The summed E-state index contributed by atoms with van der Waals surface area (Å²) in [5.74, 6) is -1.75. The molecule has 0 aromatic carbocycles. The predicted octanol–water partition coefficient (Wildman–Crippen LogP) is 14.5. The number of ether oxygens (including phenoxy) is 3. The van der Waals surface area contributed by atoms with E-state index in [0.29, 0.717) is 12.8 Å². The highest BCUT2D eigenvalue weighted by Gasteiger charge is 2.25. The molecular formula is C58H101NO7. The van der Waals surface area contributed by atoms with E-state index < -0.39 is 18.1 Å². The summed E-state index contributed by atoms with van der Waals surface area (Å²) in [5.41, 5.74) is 0. The van der Waals surface area contributed by atoms with E-state index in [1.54, 1.807) is 21.1 Å². The van der Waals surface area contributed by atoms with Gasteiger partial charge in [0.2, 0.25) is 0 Å². The zero-order chi connectivity index (χ0) is 48.4. The van der Waals surface area contributed by atoms with Gasteiger partial charge < -0.3 is 28.6 Å². The van der Waals surface area contributed by atoms with Crippen molar-refractivity contribution in [3.8, 4) is 0 Å². The number of aliphatic carboxylic acids is 1. The highest BCUT2D eigenvalue weighted by Crippen LogP contribution is 2.15. The Kier molecular flexibility index (Phi) is 45.9. The van der Waals surface area contributed by atoms with Gasteiger partial charge in [0.1, 0.15) is 12.6 Å². The van der Waals surface area contributed by atoms with E-state index in [0.717, 1.165) is 77.0 Å². The number of allylic oxidation sites excluding steroid dienone is 12. The van der Waals surface area contributed by atoms with Crippen LogP contribution in [0.25, 0.3) is 0 Å². The molecule has 0 saturated heterocycles. The maximum Gasteiger partial charge on any atom is 0.306 e. The second-order valence-corrected chi connectivity index (χ2v) is 19.1. The molecule has 0 aromatic heterocycles. The summed E-state index contributed by atoms with van der Waals surface area (Å²) in [4.78, 5) is 37.1. The molecule has 0 rings (SSSR count). The maximum atomic E-state index is 12.8. The lowest BCUT2D eigenvalue weighted by Crippen LogP contribution is -2.55. The summed E-state index contributed by atoms with van der Waals surface area (Å²) in [7, 11) is 5.41. The molecule has 0 bridgehead atoms. The van der Waals surface area contributed by atoms with Crippen molar-refractivity contribution < 1.29 is 38.2 Å². The number of carboxylic acids is 1. The average molecular weight is 924 g/mol.